The Labute approximate surface area is 112 Å². The zero-order chi connectivity index (χ0) is 13.2. The Bertz CT molecular complexity index is 585. The summed E-state index contributed by atoms with van der Waals surface area (Å²) < 4.78 is 6.88. The van der Waals surface area contributed by atoms with Crippen molar-refractivity contribution in [2.75, 3.05) is 7.11 Å². The number of pyridine rings is 1. The van der Waals surface area contributed by atoms with Crippen LogP contribution in [0, 0.1) is 5.92 Å². The van der Waals surface area contributed by atoms with E-state index in [1.54, 1.807) is 6.20 Å². The SMILES string of the molecule is COC(=O)c1ccc(-c2ccccn2)n1CC1CC1. The van der Waals surface area contributed by atoms with Crippen LogP contribution in [0.15, 0.2) is 36.5 Å². The maximum absolute atomic E-state index is 11.8. The molecule has 19 heavy (non-hydrogen) atoms. The number of carbonyl (C=O) groups is 1. The Morgan fingerprint density at radius 3 is 2.84 bits per heavy atom. The predicted molar refractivity (Wildman–Crippen MR) is 71.7 cm³/mol. The number of hydrogen-bond acceptors (Lipinski definition) is 3. The molecule has 0 amide bonds. The molecule has 1 saturated carbocycles. The summed E-state index contributed by atoms with van der Waals surface area (Å²) in [6.45, 7) is 0.864. The van der Waals surface area contributed by atoms with E-state index in [4.69, 9.17) is 4.74 Å². The molecule has 98 valence electrons. The lowest BCUT2D eigenvalue weighted by Gasteiger charge is -2.11. The molecule has 0 atom stereocenters. The van der Waals surface area contributed by atoms with E-state index in [1.165, 1.54) is 20.0 Å². The standard InChI is InChI=1S/C15H16N2O2/c1-19-15(18)14-8-7-13(12-4-2-3-9-16-12)17(14)10-11-5-6-11/h2-4,7-9,11H,5-6,10H2,1H3. The van der Waals surface area contributed by atoms with E-state index in [2.05, 4.69) is 4.98 Å². The van der Waals surface area contributed by atoms with Crippen LogP contribution in [0.5, 0.6) is 0 Å². The van der Waals surface area contributed by atoms with Crippen LogP contribution in [0.4, 0.5) is 0 Å². The molecule has 1 aliphatic rings. The first-order chi connectivity index (χ1) is 9.29. The molecule has 0 unspecified atom stereocenters. The second-order valence-corrected chi connectivity index (χ2v) is 4.86. The van der Waals surface area contributed by atoms with Crippen LogP contribution < -0.4 is 0 Å². The summed E-state index contributed by atoms with van der Waals surface area (Å²) in [5, 5.41) is 0. The van der Waals surface area contributed by atoms with Gasteiger partial charge in [-0.1, -0.05) is 6.07 Å². The summed E-state index contributed by atoms with van der Waals surface area (Å²) >= 11 is 0. The lowest BCUT2D eigenvalue weighted by Crippen LogP contribution is -2.12. The van der Waals surface area contributed by atoms with Crippen molar-refractivity contribution in [3.63, 3.8) is 0 Å². The number of esters is 1. The Balaban J connectivity index is 2.03. The fraction of sp³-hybridized carbons (Fsp3) is 0.333. The van der Waals surface area contributed by atoms with Crippen LogP contribution >= 0.6 is 0 Å². The average molecular weight is 256 g/mol. The number of aromatic nitrogens is 2. The van der Waals surface area contributed by atoms with Crippen molar-refractivity contribution in [1.29, 1.82) is 0 Å². The number of ether oxygens (including phenoxy) is 1. The molecule has 4 heteroatoms. The van der Waals surface area contributed by atoms with Gasteiger partial charge in [0.15, 0.2) is 0 Å². The highest BCUT2D eigenvalue weighted by atomic mass is 16.5. The molecule has 0 aliphatic heterocycles. The van der Waals surface area contributed by atoms with Gasteiger partial charge >= 0.3 is 5.97 Å². The average Bonchev–Trinajstić information content (AvgIpc) is 3.17. The minimum atomic E-state index is -0.289. The summed E-state index contributed by atoms with van der Waals surface area (Å²) in [5.74, 6) is 0.390. The molecule has 2 aromatic rings. The molecule has 1 aliphatic carbocycles. The number of carbonyl (C=O) groups excluding carboxylic acids is 1. The first-order valence-corrected chi connectivity index (χ1v) is 6.49. The van der Waals surface area contributed by atoms with Crippen molar-refractivity contribution in [2.24, 2.45) is 5.92 Å². The maximum atomic E-state index is 11.8. The highest BCUT2D eigenvalue weighted by Gasteiger charge is 2.26. The van der Waals surface area contributed by atoms with Gasteiger partial charge in [-0.2, -0.15) is 0 Å². The topological polar surface area (TPSA) is 44.1 Å². The Kier molecular flexibility index (Phi) is 3.07. The molecular weight excluding hydrogens is 240 g/mol. The fourth-order valence-corrected chi connectivity index (χ4v) is 2.24. The van der Waals surface area contributed by atoms with Crippen molar-refractivity contribution in [3.05, 3.63) is 42.2 Å². The third-order valence-corrected chi connectivity index (χ3v) is 3.44. The second-order valence-electron chi connectivity index (χ2n) is 4.86. The van der Waals surface area contributed by atoms with Crippen molar-refractivity contribution >= 4 is 5.97 Å². The van der Waals surface area contributed by atoms with Gasteiger partial charge in [0.2, 0.25) is 0 Å². The van der Waals surface area contributed by atoms with Crippen LogP contribution in [0.25, 0.3) is 11.4 Å². The highest BCUT2D eigenvalue weighted by Crippen LogP contribution is 2.33. The summed E-state index contributed by atoms with van der Waals surface area (Å²) in [5.41, 5.74) is 2.47. The van der Waals surface area contributed by atoms with E-state index in [1.807, 2.05) is 34.9 Å². The molecule has 4 nitrogen and oxygen atoms in total. The van der Waals surface area contributed by atoms with Gasteiger partial charge in [-0.15, -0.1) is 0 Å². The van der Waals surface area contributed by atoms with Gasteiger partial charge in [-0.05, 0) is 43.0 Å². The van der Waals surface area contributed by atoms with Gasteiger partial charge in [0, 0.05) is 12.7 Å². The van der Waals surface area contributed by atoms with E-state index in [9.17, 15) is 4.79 Å². The zero-order valence-electron chi connectivity index (χ0n) is 10.9. The van der Waals surface area contributed by atoms with E-state index >= 15 is 0 Å². The minimum absolute atomic E-state index is 0.289. The molecule has 3 rings (SSSR count). The van der Waals surface area contributed by atoms with E-state index in [-0.39, 0.29) is 5.97 Å². The van der Waals surface area contributed by atoms with Crippen molar-refractivity contribution in [2.45, 2.75) is 19.4 Å². The number of nitrogens with zero attached hydrogens (tertiary/aromatic N) is 2. The molecule has 0 bridgehead atoms. The molecule has 1 fully saturated rings. The largest absolute Gasteiger partial charge is 0.464 e. The molecule has 2 heterocycles. The number of hydrogen-bond donors (Lipinski definition) is 0. The van der Waals surface area contributed by atoms with Gasteiger partial charge in [0.25, 0.3) is 0 Å². The lowest BCUT2D eigenvalue weighted by atomic mass is 10.2. The van der Waals surface area contributed by atoms with Crippen LogP contribution in [0.2, 0.25) is 0 Å². The first-order valence-electron chi connectivity index (χ1n) is 6.49. The van der Waals surface area contributed by atoms with Crippen molar-refractivity contribution < 1.29 is 9.53 Å². The number of methoxy groups -OCH3 is 1. The third-order valence-electron chi connectivity index (χ3n) is 3.44. The van der Waals surface area contributed by atoms with Crippen LogP contribution in [0.1, 0.15) is 23.3 Å². The minimum Gasteiger partial charge on any atom is -0.464 e. The molecule has 0 aromatic carbocycles. The maximum Gasteiger partial charge on any atom is 0.354 e. The zero-order valence-corrected chi connectivity index (χ0v) is 10.9. The molecule has 0 radical (unpaired) electrons. The van der Waals surface area contributed by atoms with Crippen molar-refractivity contribution in [1.82, 2.24) is 9.55 Å². The fourth-order valence-electron chi connectivity index (χ4n) is 2.24. The number of rotatable bonds is 4. The van der Waals surface area contributed by atoms with Crippen LogP contribution in [-0.2, 0) is 11.3 Å². The molecular formula is C15H16N2O2. The monoisotopic (exact) mass is 256 g/mol. The van der Waals surface area contributed by atoms with Gasteiger partial charge < -0.3 is 9.30 Å². The quantitative estimate of drug-likeness (QED) is 0.790. The van der Waals surface area contributed by atoms with E-state index in [0.29, 0.717) is 11.6 Å². The Hall–Kier alpha value is -2.10. The lowest BCUT2D eigenvalue weighted by molar-refractivity contribution is 0.0588. The van der Waals surface area contributed by atoms with Crippen LogP contribution in [0.3, 0.4) is 0 Å². The van der Waals surface area contributed by atoms with Crippen LogP contribution in [-0.4, -0.2) is 22.6 Å². The van der Waals surface area contributed by atoms with E-state index in [0.717, 1.165) is 17.9 Å². The summed E-state index contributed by atoms with van der Waals surface area (Å²) in [6.07, 6.45) is 4.24. The van der Waals surface area contributed by atoms with Gasteiger partial charge in [0.05, 0.1) is 18.5 Å². The predicted octanol–water partition coefficient (Wildman–Crippen LogP) is 2.75. The normalized spacial score (nSPS) is 14.4. The second kappa shape index (κ2) is 4.88. The summed E-state index contributed by atoms with van der Waals surface area (Å²) in [6, 6.07) is 9.56. The van der Waals surface area contributed by atoms with E-state index < -0.39 is 0 Å². The smallest absolute Gasteiger partial charge is 0.354 e. The summed E-state index contributed by atoms with van der Waals surface area (Å²) in [7, 11) is 1.41. The molecule has 0 N–H and O–H groups in total. The van der Waals surface area contributed by atoms with Gasteiger partial charge in [-0.25, -0.2) is 4.79 Å². The molecule has 2 aromatic heterocycles. The van der Waals surface area contributed by atoms with Gasteiger partial charge in [0.1, 0.15) is 5.69 Å². The van der Waals surface area contributed by atoms with Gasteiger partial charge in [-0.3, -0.25) is 4.98 Å². The van der Waals surface area contributed by atoms with Crippen molar-refractivity contribution in [3.8, 4) is 11.4 Å². The first kappa shape index (κ1) is 12.0. The molecule has 0 saturated heterocycles. The molecule has 0 spiro atoms. The highest BCUT2D eigenvalue weighted by molar-refractivity contribution is 5.89. The third kappa shape index (κ3) is 2.38. The Morgan fingerprint density at radius 2 is 2.21 bits per heavy atom. The summed E-state index contributed by atoms with van der Waals surface area (Å²) in [4.78, 5) is 16.2. The Morgan fingerprint density at radius 1 is 1.37 bits per heavy atom.